The Hall–Kier alpha value is -3.81. The van der Waals surface area contributed by atoms with Crippen LogP contribution in [0.15, 0.2) is 71.3 Å². The number of rotatable bonds is 12. The molecule has 0 saturated heterocycles. The van der Waals surface area contributed by atoms with E-state index in [0.29, 0.717) is 54.0 Å². The SMILES string of the molecule is C=CC[C@@]1(C(=O)NCC2CCCCC2)N=C(c2ccc(OCCCO)cc2)O[C@@H]1c1ccccc1N=[N+]=[N-]. The van der Waals surface area contributed by atoms with Crippen LogP contribution in [0, 0.1) is 5.92 Å². The van der Waals surface area contributed by atoms with Crippen LogP contribution >= 0.6 is 0 Å². The molecule has 2 aliphatic rings. The first kappa shape index (κ1) is 27.2. The Labute approximate surface area is 223 Å². The Morgan fingerprint density at radius 2 is 2.00 bits per heavy atom. The minimum atomic E-state index is -1.32. The molecule has 0 aromatic heterocycles. The maximum absolute atomic E-state index is 13.9. The molecule has 1 saturated carbocycles. The molecule has 2 N–H and O–H groups in total. The lowest BCUT2D eigenvalue weighted by Gasteiger charge is -2.31. The maximum Gasteiger partial charge on any atom is 0.252 e. The van der Waals surface area contributed by atoms with Gasteiger partial charge in [-0.2, -0.15) is 0 Å². The van der Waals surface area contributed by atoms with E-state index in [-0.39, 0.29) is 18.9 Å². The number of hydrogen-bond donors (Lipinski definition) is 2. The van der Waals surface area contributed by atoms with Crippen molar-refractivity contribution in [1.82, 2.24) is 5.32 Å². The molecule has 1 aliphatic carbocycles. The summed E-state index contributed by atoms with van der Waals surface area (Å²) in [5.74, 6) is 1.20. The van der Waals surface area contributed by atoms with E-state index in [1.165, 1.54) is 19.3 Å². The molecule has 2 atom stereocenters. The molecule has 1 amide bonds. The van der Waals surface area contributed by atoms with Gasteiger partial charge in [-0.3, -0.25) is 4.79 Å². The average Bonchev–Trinajstić information content (AvgIpc) is 3.34. The van der Waals surface area contributed by atoms with Gasteiger partial charge in [0.1, 0.15) is 5.75 Å². The van der Waals surface area contributed by atoms with E-state index >= 15 is 0 Å². The van der Waals surface area contributed by atoms with E-state index < -0.39 is 11.6 Å². The van der Waals surface area contributed by atoms with E-state index in [1.807, 2.05) is 18.2 Å². The molecule has 0 spiro atoms. The zero-order valence-electron chi connectivity index (χ0n) is 21.6. The fourth-order valence-electron chi connectivity index (χ4n) is 5.14. The summed E-state index contributed by atoms with van der Waals surface area (Å²) in [5, 5.41) is 16.0. The van der Waals surface area contributed by atoms with E-state index in [0.717, 1.165) is 12.8 Å². The van der Waals surface area contributed by atoms with Gasteiger partial charge < -0.3 is 19.9 Å². The molecular formula is C29H35N5O4. The van der Waals surface area contributed by atoms with Crippen LogP contribution in [-0.2, 0) is 9.53 Å². The zero-order valence-corrected chi connectivity index (χ0v) is 21.6. The molecule has 4 rings (SSSR count). The molecule has 200 valence electrons. The number of carbonyl (C=O) groups excluding carboxylic acids is 1. The number of benzene rings is 2. The summed E-state index contributed by atoms with van der Waals surface area (Å²) >= 11 is 0. The van der Waals surface area contributed by atoms with Crippen molar-refractivity contribution in [1.29, 1.82) is 0 Å². The van der Waals surface area contributed by atoms with Crippen molar-refractivity contribution in [3.63, 3.8) is 0 Å². The van der Waals surface area contributed by atoms with Gasteiger partial charge in [-0.05, 0) is 48.6 Å². The van der Waals surface area contributed by atoms with Gasteiger partial charge in [0.05, 0.1) is 6.61 Å². The smallest absolute Gasteiger partial charge is 0.252 e. The first-order valence-electron chi connectivity index (χ1n) is 13.2. The highest BCUT2D eigenvalue weighted by Gasteiger charge is 2.53. The quantitative estimate of drug-likeness (QED) is 0.119. The van der Waals surface area contributed by atoms with Crippen molar-refractivity contribution in [3.8, 4) is 5.75 Å². The Kier molecular flexibility index (Phi) is 9.40. The molecule has 0 radical (unpaired) electrons. The van der Waals surface area contributed by atoms with E-state index in [4.69, 9.17) is 25.1 Å². The number of amides is 1. The normalized spacial score (nSPS) is 21.1. The monoisotopic (exact) mass is 517 g/mol. The second-order valence-corrected chi connectivity index (χ2v) is 9.74. The number of nitrogens with zero attached hydrogens (tertiary/aromatic N) is 4. The molecule has 9 heteroatoms. The number of azide groups is 1. The van der Waals surface area contributed by atoms with E-state index in [1.54, 1.807) is 36.4 Å². The summed E-state index contributed by atoms with van der Waals surface area (Å²) in [6, 6.07) is 14.4. The van der Waals surface area contributed by atoms with Crippen molar-refractivity contribution in [2.24, 2.45) is 16.0 Å². The van der Waals surface area contributed by atoms with Gasteiger partial charge in [-0.25, -0.2) is 4.99 Å². The first-order valence-corrected chi connectivity index (χ1v) is 13.2. The third-order valence-electron chi connectivity index (χ3n) is 7.13. The lowest BCUT2D eigenvalue weighted by atomic mass is 9.83. The summed E-state index contributed by atoms with van der Waals surface area (Å²) in [5.41, 5.74) is 9.51. The topological polar surface area (TPSA) is 129 Å². The van der Waals surface area contributed by atoms with Gasteiger partial charge in [0.15, 0.2) is 11.6 Å². The third kappa shape index (κ3) is 6.18. The summed E-state index contributed by atoms with van der Waals surface area (Å²) in [6.45, 7) is 4.98. The van der Waals surface area contributed by atoms with Crippen LogP contribution in [-0.4, -0.2) is 42.2 Å². The number of ether oxygens (including phenoxy) is 2. The van der Waals surface area contributed by atoms with Gasteiger partial charge >= 0.3 is 0 Å². The van der Waals surface area contributed by atoms with Crippen LogP contribution in [0.3, 0.4) is 0 Å². The predicted molar refractivity (Wildman–Crippen MR) is 146 cm³/mol. The van der Waals surface area contributed by atoms with E-state index in [9.17, 15) is 4.79 Å². The first-order chi connectivity index (χ1) is 18.6. The van der Waals surface area contributed by atoms with Crippen molar-refractivity contribution in [3.05, 3.63) is 82.8 Å². The van der Waals surface area contributed by atoms with E-state index in [2.05, 4.69) is 21.9 Å². The van der Waals surface area contributed by atoms with Crippen LogP contribution in [0.5, 0.6) is 5.75 Å². The van der Waals surface area contributed by atoms with Crippen molar-refractivity contribution >= 4 is 17.5 Å². The van der Waals surface area contributed by atoms with Gasteiger partial charge in [-0.1, -0.05) is 54.7 Å². The highest BCUT2D eigenvalue weighted by molar-refractivity contribution is 6.01. The number of nitrogens with one attached hydrogen (secondary N) is 1. The lowest BCUT2D eigenvalue weighted by molar-refractivity contribution is -0.129. The standard InChI is InChI=1S/C29H35N5O4/c1-2-17-29(28(36)31-20-21-9-4-3-5-10-21)26(24-11-6-7-12-25(24)33-34-30)38-27(32-29)22-13-15-23(16-14-22)37-19-8-18-35/h2,6-7,11-16,21,26,35H,1,3-5,8-10,17-20H2,(H,31,36)/t26-,29-/m1/s1. The highest BCUT2D eigenvalue weighted by atomic mass is 16.5. The Morgan fingerprint density at radius 3 is 2.71 bits per heavy atom. The molecule has 0 bridgehead atoms. The van der Waals surface area contributed by atoms with Gasteiger partial charge in [-0.15, -0.1) is 6.58 Å². The van der Waals surface area contributed by atoms with Crippen molar-refractivity contribution in [2.75, 3.05) is 19.8 Å². The number of carbonyl (C=O) groups is 1. The van der Waals surface area contributed by atoms with Crippen LogP contribution in [0.1, 0.15) is 62.2 Å². The second-order valence-electron chi connectivity index (χ2n) is 9.74. The Bertz CT molecular complexity index is 1190. The fraction of sp³-hybridized carbons (Fsp3) is 0.448. The summed E-state index contributed by atoms with van der Waals surface area (Å²) in [6.07, 6.45) is 7.48. The number of aliphatic imine (C=N–C) groups is 1. The predicted octanol–water partition coefficient (Wildman–Crippen LogP) is 5.92. The summed E-state index contributed by atoms with van der Waals surface area (Å²) < 4.78 is 12.1. The second kappa shape index (κ2) is 13.1. The fourth-order valence-corrected chi connectivity index (χ4v) is 5.14. The average molecular weight is 518 g/mol. The zero-order chi connectivity index (χ0) is 26.8. The number of hydrogen-bond acceptors (Lipinski definition) is 6. The highest BCUT2D eigenvalue weighted by Crippen LogP contribution is 2.45. The Morgan fingerprint density at radius 1 is 1.24 bits per heavy atom. The number of aliphatic hydroxyl groups is 1. The molecule has 2 aromatic rings. The summed E-state index contributed by atoms with van der Waals surface area (Å²) in [7, 11) is 0. The molecule has 0 unspecified atom stereocenters. The van der Waals surface area contributed by atoms with Gasteiger partial charge in [0.2, 0.25) is 5.90 Å². The molecular weight excluding hydrogens is 482 g/mol. The Balaban J connectivity index is 1.68. The van der Waals surface area contributed by atoms with Crippen LogP contribution < -0.4 is 10.1 Å². The molecule has 1 fully saturated rings. The lowest BCUT2D eigenvalue weighted by Crippen LogP contribution is -2.49. The van der Waals surface area contributed by atoms with Gasteiger partial charge in [0.25, 0.3) is 5.91 Å². The minimum Gasteiger partial charge on any atom is -0.494 e. The number of aliphatic hydroxyl groups excluding tert-OH is 1. The molecule has 38 heavy (non-hydrogen) atoms. The molecule has 1 heterocycles. The molecule has 9 nitrogen and oxygen atoms in total. The molecule has 1 aliphatic heterocycles. The summed E-state index contributed by atoms with van der Waals surface area (Å²) in [4.78, 5) is 21.8. The van der Waals surface area contributed by atoms with Gasteiger partial charge in [0, 0.05) is 47.7 Å². The van der Waals surface area contributed by atoms with Crippen LogP contribution in [0.2, 0.25) is 0 Å². The van der Waals surface area contributed by atoms with Crippen LogP contribution in [0.25, 0.3) is 10.4 Å². The maximum atomic E-state index is 13.9. The largest absolute Gasteiger partial charge is 0.494 e. The minimum absolute atomic E-state index is 0.0651. The molecule has 2 aromatic carbocycles. The van der Waals surface area contributed by atoms with Crippen molar-refractivity contribution in [2.45, 2.75) is 56.6 Å². The van der Waals surface area contributed by atoms with Crippen LogP contribution in [0.4, 0.5) is 5.69 Å². The van der Waals surface area contributed by atoms with Crippen molar-refractivity contribution < 1.29 is 19.4 Å². The third-order valence-corrected chi connectivity index (χ3v) is 7.13.